The first-order chi connectivity index (χ1) is 6.17. The van der Waals surface area contributed by atoms with E-state index in [1.807, 2.05) is 6.92 Å². The Morgan fingerprint density at radius 3 is 2.62 bits per heavy atom. The van der Waals surface area contributed by atoms with Crippen LogP contribution < -0.4 is 0 Å². The zero-order valence-electron chi connectivity index (χ0n) is 7.82. The maximum Gasteiger partial charge on any atom is 0.306 e. The van der Waals surface area contributed by atoms with Crippen molar-refractivity contribution in [3.63, 3.8) is 0 Å². The summed E-state index contributed by atoms with van der Waals surface area (Å²) in [5.74, 6) is 0.224. The minimum absolute atomic E-state index is 0.0232. The molecule has 0 saturated heterocycles. The van der Waals surface area contributed by atoms with Crippen LogP contribution in [0.4, 0.5) is 0 Å². The van der Waals surface area contributed by atoms with Crippen molar-refractivity contribution in [3.05, 3.63) is 46.4 Å². The Morgan fingerprint density at radius 1 is 1.69 bits per heavy atom. The molecule has 0 amide bonds. The first kappa shape index (κ1) is 11.4. The Balaban J connectivity index is 4.91. The zero-order chi connectivity index (χ0) is 10.3. The third-order valence-electron chi connectivity index (χ3n) is 1.34. The predicted octanol–water partition coefficient (Wildman–Crippen LogP) is 2.27. The highest BCUT2D eigenvalue weighted by Crippen LogP contribution is 2.12. The number of rotatable bonds is 5. The average Bonchev–Trinajstić information content (AvgIpc) is 2.10. The van der Waals surface area contributed by atoms with E-state index < -0.39 is 4.92 Å². The van der Waals surface area contributed by atoms with Crippen LogP contribution in [0.3, 0.4) is 0 Å². The van der Waals surface area contributed by atoms with Crippen molar-refractivity contribution in [2.24, 2.45) is 0 Å². The lowest BCUT2D eigenvalue weighted by atomic mass is 10.3. The summed E-state index contributed by atoms with van der Waals surface area (Å²) in [5, 5.41) is 10.5. The summed E-state index contributed by atoms with van der Waals surface area (Å²) in [6, 6.07) is 0. The van der Waals surface area contributed by atoms with Crippen LogP contribution in [0.25, 0.3) is 0 Å². The molecule has 0 heterocycles. The van der Waals surface area contributed by atoms with Crippen molar-refractivity contribution in [2.45, 2.75) is 13.3 Å². The van der Waals surface area contributed by atoms with Gasteiger partial charge in [-0.2, -0.15) is 0 Å². The molecule has 0 saturated carbocycles. The van der Waals surface area contributed by atoms with Gasteiger partial charge in [0.15, 0.2) is 5.76 Å². The summed E-state index contributed by atoms with van der Waals surface area (Å²) in [6.45, 7) is 5.27. The molecule has 0 rings (SSSR count). The highest BCUT2D eigenvalue weighted by Gasteiger charge is 2.16. The summed E-state index contributed by atoms with van der Waals surface area (Å²) in [7, 11) is 1.39. The molecule has 0 spiro atoms. The lowest BCUT2D eigenvalue weighted by Crippen LogP contribution is -2.03. The van der Waals surface area contributed by atoms with Crippen LogP contribution in [-0.2, 0) is 4.74 Å². The summed E-state index contributed by atoms with van der Waals surface area (Å²) in [6.07, 6.45) is 5.00. The van der Waals surface area contributed by atoms with Crippen molar-refractivity contribution in [3.8, 4) is 0 Å². The standard InChI is InChI=1S/C9H13NO3/c1-4-6-8(10(11)12)9(13-3)7-5-2/h5-7H,2,4H2,1,3H3/b8-6+,9-7+. The Labute approximate surface area is 77.4 Å². The third-order valence-corrected chi connectivity index (χ3v) is 1.34. The number of hydrogen-bond donors (Lipinski definition) is 0. The van der Waals surface area contributed by atoms with E-state index in [2.05, 4.69) is 6.58 Å². The van der Waals surface area contributed by atoms with Gasteiger partial charge in [-0.3, -0.25) is 10.1 Å². The molecule has 4 heteroatoms. The second-order valence-electron chi connectivity index (χ2n) is 2.23. The summed E-state index contributed by atoms with van der Waals surface area (Å²) >= 11 is 0. The Morgan fingerprint density at radius 2 is 2.31 bits per heavy atom. The van der Waals surface area contributed by atoms with Crippen LogP contribution in [0.1, 0.15) is 13.3 Å². The SMILES string of the molecule is C=C/C=C(OC)\C(=C/CC)[N+](=O)[O-]. The lowest BCUT2D eigenvalue weighted by molar-refractivity contribution is -0.424. The molecule has 0 aromatic carbocycles. The molecule has 0 N–H and O–H groups in total. The summed E-state index contributed by atoms with van der Waals surface area (Å²) < 4.78 is 4.85. The van der Waals surface area contributed by atoms with E-state index in [0.29, 0.717) is 6.42 Å². The monoisotopic (exact) mass is 183 g/mol. The maximum atomic E-state index is 10.5. The molecule has 0 aliphatic carbocycles. The Hall–Kier alpha value is -1.58. The van der Waals surface area contributed by atoms with Gasteiger partial charge in [0.2, 0.25) is 0 Å². The molecule has 0 aliphatic heterocycles. The summed E-state index contributed by atoms with van der Waals surface area (Å²) in [4.78, 5) is 10.1. The smallest absolute Gasteiger partial charge is 0.306 e. The number of nitrogens with zero attached hydrogens (tertiary/aromatic N) is 1. The quantitative estimate of drug-likeness (QED) is 0.284. The molecule has 0 unspecified atom stereocenters. The first-order valence-corrected chi connectivity index (χ1v) is 3.89. The first-order valence-electron chi connectivity index (χ1n) is 3.89. The molecule has 0 bridgehead atoms. The van der Waals surface area contributed by atoms with Gasteiger partial charge < -0.3 is 4.74 Å². The normalized spacial score (nSPS) is 12.5. The Bertz CT molecular complexity index is 254. The van der Waals surface area contributed by atoms with Crippen LogP contribution in [-0.4, -0.2) is 12.0 Å². The minimum atomic E-state index is -0.470. The second-order valence-corrected chi connectivity index (χ2v) is 2.23. The van der Waals surface area contributed by atoms with Gasteiger partial charge in [0.05, 0.1) is 12.0 Å². The second kappa shape index (κ2) is 5.99. The van der Waals surface area contributed by atoms with Gasteiger partial charge in [0.25, 0.3) is 0 Å². The van der Waals surface area contributed by atoms with E-state index in [4.69, 9.17) is 4.74 Å². The topological polar surface area (TPSA) is 52.4 Å². The number of hydrogen-bond acceptors (Lipinski definition) is 3. The van der Waals surface area contributed by atoms with Gasteiger partial charge >= 0.3 is 5.70 Å². The molecule has 72 valence electrons. The van der Waals surface area contributed by atoms with E-state index in [1.165, 1.54) is 25.3 Å². The van der Waals surface area contributed by atoms with Gasteiger partial charge in [-0.15, -0.1) is 0 Å². The number of nitro groups is 1. The van der Waals surface area contributed by atoms with Crippen molar-refractivity contribution >= 4 is 0 Å². The van der Waals surface area contributed by atoms with Crippen LogP contribution >= 0.6 is 0 Å². The number of methoxy groups -OCH3 is 1. The van der Waals surface area contributed by atoms with Crippen molar-refractivity contribution in [1.82, 2.24) is 0 Å². The van der Waals surface area contributed by atoms with Crippen LogP contribution in [0, 0.1) is 10.1 Å². The number of ether oxygens (including phenoxy) is 1. The molecule has 4 nitrogen and oxygen atoms in total. The fourth-order valence-electron chi connectivity index (χ4n) is 0.823. The van der Waals surface area contributed by atoms with Crippen LogP contribution in [0.2, 0.25) is 0 Å². The fourth-order valence-corrected chi connectivity index (χ4v) is 0.823. The van der Waals surface area contributed by atoms with E-state index in [-0.39, 0.29) is 11.5 Å². The lowest BCUT2D eigenvalue weighted by Gasteiger charge is -2.01. The van der Waals surface area contributed by atoms with Crippen LogP contribution in [0.15, 0.2) is 36.3 Å². The molecule has 0 aromatic rings. The van der Waals surface area contributed by atoms with E-state index in [0.717, 1.165) is 0 Å². The maximum absolute atomic E-state index is 10.5. The molecule has 13 heavy (non-hydrogen) atoms. The largest absolute Gasteiger partial charge is 0.490 e. The molecule has 0 fully saturated rings. The highest BCUT2D eigenvalue weighted by atomic mass is 16.6. The van der Waals surface area contributed by atoms with E-state index >= 15 is 0 Å². The van der Waals surface area contributed by atoms with Gasteiger partial charge in [-0.05, 0) is 18.6 Å². The molecule has 0 atom stereocenters. The van der Waals surface area contributed by atoms with Gasteiger partial charge in [-0.25, -0.2) is 0 Å². The zero-order valence-corrected chi connectivity index (χ0v) is 7.82. The fraction of sp³-hybridized carbons (Fsp3) is 0.333. The third kappa shape index (κ3) is 3.55. The van der Waals surface area contributed by atoms with E-state index in [9.17, 15) is 10.1 Å². The molecule has 0 aromatic heterocycles. The van der Waals surface area contributed by atoms with E-state index in [1.54, 1.807) is 0 Å². The predicted molar refractivity (Wildman–Crippen MR) is 50.7 cm³/mol. The summed E-state index contributed by atoms with van der Waals surface area (Å²) in [5.41, 5.74) is -0.0232. The van der Waals surface area contributed by atoms with Crippen LogP contribution in [0.5, 0.6) is 0 Å². The minimum Gasteiger partial charge on any atom is -0.490 e. The molecule has 0 aliphatic rings. The molecular formula is C9H13NO3. The van der Waals surface area contributed by atoms with Crippen molar-refractivity contribution in [2.75, 3.05) is 7.11 Å². The molecular weight excluding hydrogens is 170 g/mol. The highest BCUT2D eigenvalue weighted by molar-refractivity contribution is 5.22. The van der Waals surface area contributed by atoms with Gasteiger partial charge in [0, 0.05) is 0 Å². The van der Waals surface area contributed by atoms with Gasteiger partial charge in [-0.1, -0.05) is 19.6 Å². The van der Waals surface area contributed by atoms with Gasteiger partial charge in [0.1, 0.15) is 0 Å². The average molecular weight is 183 g/mol. The molecule has 0 radical (unpaired) electrons. The number of allylic oxidation sites excluding steroid dienone is 3. The van der Waals surface area contributed by atoms with Crippen molar-refractivity contribution in [1.29, 1.82) is 0 Å². The van der Waals surface area contributed by atoms with Crippen molar-refractivity contribution < 1.29 is 9.66 Å². The Kier molecular flexibility index (Phi) is 5.27.